The molecule has 7 nitrogen and oxygen atoms in total. The summed E-state index contributed by atoms with van der Waals surface area (Å²) in [7, 11) is 1.69. The van der Waals surface area contributed by atoms with Crippen LogP contribution in [0.5, 0.6) is 11.5 Å². The van der Waals surface area contributed by atoms with Gasteiger partial charge in [-0.05, 0) is 48.4 Å². The van der Waals surface area contributed by atoms with Gasteiger partial charge in [0.25, 0.3) is 5.91 Å². The fourth-order valence-corrected chi connectivity index (χ4v) is 4.21. The zero-order valence-corrected chi connectivity index (χ0v) is 19.8. The summed E-state index contributed by atoms with van der Waals surface area (Å²) in [6.07, 6.45) is 4.09. The number of amides is 1. The van der Waals surface area contributed by atoms with Crippen molar-refractivity contribution in [3.63, 3.8) is 0 Å². The molecule has 1 fully saturated rings. The molecule has 0 unspecified atom stereocenters. The fourth-order valence-electron chi connectivity index (χ4n) is 4.21. The molecular formula is C27H32N4O3. The molecule has 1 amide bonds. The molecule has 0 saturated carbocycles. The van der Waals surface area contributed by atoms with E-state index in [-0.39, 0.29) is 11.7 Å². The first-order valence-corrected chi connectivity index (χ1v) is 11.7. The number of methoxy groups -OCH3 is 1. The molecule has 4 rings (SSSR count). The van der Waals surface area contributed by atoms with Gasteiger partial charge < -0.3 is 20.1 Å². The molecular weight excluding hydrogens is 428 g/mol. The van der Waals surface area contributed by atoms with Crippen molar-refractivity contribution >= 4 is 11.6 Å². The van der Waals surface area contributed by atoms with Crippen molar-refractivity contribution in [1.82, 2.24) is 15.2 Å². The van der Waals surface area contributed by atoms with Gasteiger partial charge in [-0.3, -0.25) is 14.7 Å². The number of hydrogen-bond acceptors (Lipinski definition) is 6. The van der Waals surface area contributed by atoms with Gasteiger partial charge in [-0.1, -0.05) is 19.1 Å². The molecule has 178 valence electrons. The number of carbonyl (C=O) groups excluding carboxylic acids is 1. The van der Waals surface area contributed by atoms with Crippen molar-refractivity contribution in [2.24, 2.45) is 0 Å². The number of rotatable bonds is 8. The largest absolute Gasteiger partial charge is 0.506 e. The first-order chi connectivity index (χ1) is 16.6. The minimum Gasteiger partial charge on any atom is -0.506 e. The Morgan fingerprint density at radius 1 is 1.03 bits per heavy atom. The van der Waals surface area contributed by atoms with Crippen LogP contribution in [0.25, 0.3) is 11.1 Å². The van der Waals surface area contributed by atoms with Crippen LogP contribution in [0.1, 0.15) is 29.3 Å². The average Bonchev–Trinajstić information content (AvgIpc) is 2.88. The van der Waals surface area contributed by atoms with E-state index in [4.69, 9.17) is 4.74 Å². The van der Waals surface area contributed by atoms with E-state index in [1.807, 2.05) is 43.3 Å². The van der Waals surface area contributed by atoms with Crippen LogP contribution in [-0.2, 0) is 6.54 Å². The molecule has 0 atom stereocenters. The van der Waals surface area contributed by atoms with Crippen LogP contribution in [0.3, 0.4) is 0 Å². The highest BCUT2D eigenvalue weighted by Crippen LogP contribution is 2.29. The molecule has 2 aromatic carbocycles. The van der Waals surface area contributed by atoms with Crippen LogP contribution < -0.4 is 15.0 Å². The Morgan fingerprint density at radius 2 is 1.79 bits per heavy atom. The number of nitrogens with one attached hydrogen (secondary N) is 1. The molecule has 1 aliphatic rings. The molecule has 7 heteroatoms. The van der Waals surface area contributed by atoms with E-state index in [2.05, 4.69) is 26.2 Å². The normalized spacial score (nSPS) is 14.1. The number of hydrogen-bond donors (Lipinski definition) is 2. The van der Waals surface area contributed by atoms with E-state index >= 15 is 0 Å². The second kappa shape index (κ2) is 11.0. The van der Waals surface area contributed by atoms with E-state index in [0.29, 0.717) is 12.1 Å². The smallest absolute Gasteiger partial charge is 0.251 e. The monoisotopic (exact) mass is 460 g/mol. The maximum Gasteiger partial charge on any atom is 0.251 e. The summed E-state index contributed by atoms with van der Waals surface area (Å²) in [5.41, 5.74) is 4.80. The molecule has 1 aliphatic heterocycles. The van der Waals surface area contributed by atoms with Gasteiger partial charge in [0.15, 0.2) is 0 Å². The summed E-state index contributed by atoms with van der Waals surface area (Å²) in [5.74, 6) is 0.964. The van der Waals surface area contributed by atoms with Crippen molar-refractivity contribution in [2.45, 2.75) is 19.9 Å². The molecule has 1 saturated heterocycles. The van der Waals surface area contributed by atoms with Crippen molar-refractivity contribution in [2.75, 3.05) is 44.7 Å². The van der Waals surface area contributed by atoms with Gasteiger partial charge in [-0.15, -0.1) is 0 Å². The van der Waals surface area contributed by atoms with E-state index < -0.39 is 0 Å². The molecule has 0 spiro atoms. The Labute approximate surface area is 201 Å². The van der Waals surface area contributed by atoms with Gasteiger partial charge in [0.2, 0.25) is 0 Å². The number of benzene rings is 2. The predicted molar refractivity (Wildman–Crippen MR) is 134 cm³/mol. The zero-order valence-electron chi connectivity index (χ0n) is 19.8. The third kappa shape index (κ3) is 5.66. The minimum atomic E-state index is -0.0153. The van der Waals surface area contributed by atoms with Gasteiger partial charge in [0.05, 0.1) is 13.3 Å². The number of aromatic hydroxyl groups is 1. The molecule has 0 aliphatic carbocycles. The van der Waals surface area contributed by atoms with E-state index in [0.717, 1.165) is 67.3 Å². The summed E-state index contributed by atoms with van der Waals surface area (Å²) in [5, 5.41) is 12.6. The van der Waals surface area contributed by atoms with Crippen LogP contribution in [0, 0.1) is 0 Å². The molecule has 3 aromatic rings. The van der Waals surface area contributed by atoms with E-state index in [1.54, 1.807) is 19.4 Å². The average molecular weight is 461 g/mol. The molecule has 2 N–H and O–H groups in total. The molecule has 1 aromatic heterocycles. The number of ether oxygens (including phenoxy) is 1. The van der Waals surface area contributed by atoms with Gasteiger partial charge in [0.1, 0.15) is 11.5 Å². The van der Waals surface area contributed by atoms with Gasteiger partial charge in [-0.25, -0.2) is 0 Å². The van der Waals surface area contributed by atoms with Crippen LogP contribution >= 0.6 is 0 Å². The number of piperazine rings is 1. The Morgan fingerprint density at radius 3 is 2.47 bits per heavy atom. The summed E-state index contributed by atoms with van der Waals surface area (Å²) >= 11 is 0. The maximum absolute atomic E-state index is 12.1. The number of carbonyl (C=O) groups is 1. The third-order valence-corrected chi connectivity index (χ3v) is 6.14. The van der Waals surface area contributed by atoms with E-state index in [9.17, 15) is 9.90 Å². The highest BCUT2D eigenvalue weighted by molar-refractivity contribution is 5.94. The van der Waals surface area contributed by atoms with Crippen molar-refractivity contribution in [3.8, 4) is 22.6 Å². The zero-order chi connectivity index (χ0) is 23.9. The molecule has 2 heterocycles. The number of pyridine rings is 1. The lowest BCUT2D eigenvalue weighted by molar-refractivity contribution is 0.0953. The van der Waals surface area contributed by atoms with Crippen molar-refractivity contribution < 1.29 is 14.6 Å². The summed E-state index contributed by atoms with van der Waals surface area (Å²) in [6.45, 7) is 7.30. The first-order valence-electron chi connectivity index (χ1n) is 11.7. The molecule has 34 heavy (non-hydrogen) atoms. The lowest BCUT2D eigenvalue weighted by atomic mass is 10.0. The third-order valence-electron chi connectivity index (χ3n) is 6.14. The highest BCUT2D eigenvalue weighted by Gasteiger charge is 2.19. The minimum absolute atomic E-state index is 0.0153. The number of aromatic nitrogens is 1. The van der Waals surface area contributed by atoms with Crippen LogP contribution in [0.4, 0.5) is 5.69 Å². The van der Waals surface area contributed by atoms with Gasteiger partial charge in [0, 0.05) is 67.8 Å². The van der Waals surface area contributed by atoms with Crippen molar-refractivity contribution in [3.05, 3.63) is 72.1 Å². The number of anilines is 1. The number of nitrogens with zero attached hydrogens (tertiary/aromatic N) is 3. The maximum atomic E-state index is 12.1. The topological polar surface area (TPSA) is 77.9 Å². The quantitative estimate of drug-likeness (QED) is 0.531. The summed E-state index contributed by atoms with van der Waals surface area (Å²) < 4.78 is 5.67. The van der Waals surface area contributed by atoms with Gasteiger partial charge >= 0.3 is 0 Å². The van der Waals surface area contributed by atoms with Gasteiger partial charge in [-0.2, -0.15) is 0 Å². The summed E-state index contributed by atoms with van der Waals surface area (Å²) in [4.78, 5) is 21.0. The Kier molecular flexibility index (Phi) is 7.65. The lowest BCUT2D eigenvalue weighted by Crippen LogP contribution is -2.46. The molecule has 0 radical (unpaired) electrons. The van der Waals surface area contributed by atoms with Crippen molar-refractivity contribution in [1.29, 1.82) is 0 Å². The Bertz CT molecular complexity index is 1110. The first kappa shape index (κ1) is 23.6. The highest BCUT2D eigenvalue weighted by atomic mass is 16.5. The standard InChI is InChI=1S/C27H32N4O3/c1-3-10-29-27(33)20-6-8-24(9-7-20)31-13-11-30(12-14-31)19-22-5-4-21(16-26(22)34-2)23-15-25(32)18-28-17-23/h4-9,15-18,32H,3,10-14,19H2,1-2H3,(H,29,33). The van der Waals surface area contributed by atoms with Crippen LogP contribution in [0.2, 0.25) is 0 Å². The SMILES string of the molecule is CCCNC(=O)c1ccc(N2CCN(Cc3ccc(-c4cncc(O)c4)cc3OC)CC2)cc1. The summed E-state index contributed by atoms with van der Waals surface area (Å²) in [6, 6.07) is 15.7. The Hall–Kier alpha value is -3.58. The predicted octanol–water partition coefficient (Wildman–Crippen LogP) is 3.92. The lowest BCUT2D eigenvalue weighted by Gasteiger charge is -2.36. The second-order valence-corrected chi connectivity index (χ2v) is 8.52. The Balaban J connectivity index is 1.35. The fraction of sp³-hybridized carbons (Fsp3) is 0.333. The second-order valence-electron chi connectivity index (χ2n) is 8.52. The molecule has 0 bridgehead atoms. The van der Waals surface area contributed by atoms with Crippen LogP contribution in [0.15, 0.2) is 60.9 Å². The van der Waals surface area contributed by atoms with E-state index in [1.165, 1.54) is 6.20 Å². The van der Waals surface area contributed by atoms with Crippen LogP contribution in [-0.4, -0.2) is 60.7 Å².